The van der Waals surface area contributed by atoms with Crippen molar-refractivity contribution >= 4 is 73.6 Å². The molecule has 64 valence electrons. The predicted molar refractivity (Wildman–Crippen MR) is 75.7 cm³/mol. The van der Waals surface area contributed by atoms with E-state index < -0.39 is 0 Å². The van der Waals surface area contributed by atoms with Gasteiger partial charge in [-0.1, -0.05) is 67.8 Å². The lowest BCUT2D eigenvalue weighted by Gasteiger charge is -1.89. The lowest BCUT2D eigenvalue weighted by Crippen LogP contribution is -1.92. The summed E-state index contributed by atoms with van der Waals surface area (Å²) in [7, 11) is 1.91. The van der Waals surface area contributed by atoms with Crippen LogP contribution in [0.25, 0.3) is 0 Å². The van der Waals surface area contributed by atoms with Crippen molar-refractivity contribution in [2.75, 3.05) is 5.73 Å². The number of anilines is 1. The molecule has 0 saturated heterocycles. The smallest absolute Gasteiger partial charge is 0.114 e. The van der Waals surface area contributed by atoms with Crippen molar-refractivity contribution in [3.8, 4) is 0 Å². The Morgan fingerprint density at radius 3 is 2.00 bits per heavy atom. The molecule has 0 amide bonds. The molecule has 0 aliphatic heterocycles. The highest BCUT2D eigenvalue weighted by Crippen LogP contribution is 2.16. The van der Waals surface area contributed by atoms with Crippen LogP contribution < -0.4 is 5.73 Å². The van der Waals surface area contributed by atoms with Crippen molar-refractivity contribution in [1.29, 1.82) is 0 Å². The summed E-state index contributed by atoms with van der Waals surface area (Å²) in [5.41, 5.74) is 5.40. The van der Waals surface area contributed by atoms with Gasteiger partial charge in [0.15, 0.2) is 0 Å². The maximum Gasteiger partial charge on any atom is 0.114 e. The van der Waals surface area contributed by atoms with Gasteiger partial charge >= 0.3 is 0 Å². The molecule has 5 heteroatoms. The molecule has 0 aliphatic rings. The van der Waals surface area contributed by atoms with Crippen LogP contribution in [0.5, 0.6) is 0 Å². The second-order valence-corrected chi connectivity index (χ2v) is 12.7. The summed E-state index contributed by atoms with van der Waals surface area (Å²) < 4.78 is 2.60. The van der Waals surface area contributed by atoms with Crippen LogP contribution in [0.4, 0.5) is 5.82 Å². The fraction of sp³-hybridized carbons (Fsp3) is 0.333. The lowest BCUT2D eigenvalue weighted by molar-refractivity contribution is 0.941. The monoisotopic (exact) mass is 490 g/mol. The Hall–Kier alpha value is 1.27. The lowest BCUT2D eigenvalue weighted by atomic mass is 10.6. The summed E-state index contributed by atoms with van der Waals surface area (Å²) in [6.45, 7) is 0. The quantitative estimate of drug-likeness (QED) is 0.440. The number of alkyl halides is 3. The fourth-order valence-electron chi connectivity index (χ4n) is 0.474. The molecule has 2 N–H and O–H groups in total. The number of hydrogen-bond donors (Lipinski definition) is 1. The first-order chi connectivity index (χ1) is 5.04. The molecule has 1 aromatic rings. The summed E-state index contributed by atoms with van der Waals surface area (Å²) in [5, 5.41) is 0. The maximum absolute atomic E-state index is 5.40. The minimum atomic E-state index is 0.743. The average molecular weight is 490 g/mol. The van der Waals surface area contributed by atoms with Crippen LogP contribution >= 0.6 is 67.8 Å². The number of nitrogen functional groups attached to an aromatic ring is 1. The van der Waals surface area contributed by atoms with E-state index in [-0.39, 0.29) is 0 Å². The predicted octanol–water partition coefficient (Wildman–Crippen LogP) is 3.18. The first-order valence-corrected chi connectivity index (χ1v) is 6.56. The molecule has 0 spiro atoms. The van der Waals surface area contributed by atoms with Gasteiger partial charge in [-0.2, -0.15) is 0 Å². The minimum Gasteiger partial charge on any atom is -0.385 e. The first kappa shape index (κ1) is 12.3. The van der Waals surface area contributed by atoms with Crippen LogP contribution in [0.1, 0.15) is 0 Å². The second kappa shape index (κ2) is 6.75. The molecule has 0 bridgehead atoms. The van der Waals surface area contributed by atoms with Gasteiger partial charge in [0.25, 0.3) is 0 Å². The molecule has 0 atom stereocenters. The van der Waals surface area contributed by atoms with Crippen LogP contribution in [0, 0.1) is 0 Å². The van der Waals surface area contributed by atoms with Gasteiger partial charge in [0.1, 0.15) is 5.76 Å². The van der Waals surface area contributed by atoms with Gasteiger partial charge in [-0.25, -0.2) is 0 Å². The summed E-state index contributed by atoms with van der Waals surface area (Å²) in [6, 6.07) is 3.77. The van der Waals surface area contributed by atoms with E-state index >= 15 is 0 Å². The van der Waals surface area contributed by atoms with Crippen molar-refractivity contribution in [3.63, 3.8) is 0 Å². The molecule has 0 aromatic carbocycles. The van der Waals surface area contributed by atoms with Crippen LogP contribution in [0.3, 0.4) is 0 Å². The Morgan fingerprint density at radius 2 is 1.91 bits per heavy atom. The number of aromatic nitrogens is 1. The van der Waals surface area contributed by atoms with Gasteiger partial charge in [-0.3, -0.25) is 0 Å². The molecule has 0 unspecified atom stereocenters. The first-order valence-electron chi connectivity index (χ1n) is 2.83. The van der Waals surface area contributed by atoms with Crippen LogP contribution in [0.15, 0.2) is 18.3 Å². The van der Waals surface area contributed by atoms with E-state index in [1.54, 1.807) is 0 Å². The van der Waals surface area contributed by atoms with Gasteiger partial charge < -0.3 is 10.3 Å². The van der Waals surface area contributed by atoms with Crippen molar-refractivity contribution in [2.45, 2.75) is -0.0619 Å². The number of rotatable bonds is 0. The average Bonchev–Trinajstić information content (AvgIpc) is 2.15. The SMILES string of the molecule is Cn1cccc1N.IC(I)I. The Kier molecular flexibility index (Phi) is 7.53. The summed E-state index contributed by atoms with van der Waals surface area (Å²) in [6.07, 6.45) is 1.91. The zero-order valence-electron chi connectivity index (χ0n) is 5.97. The summed E-state index contributed by atoms with van der Waals surface area (Å²) >= 11 is 6.95. The van der Waals surface area contributed by atoms with Gasteiger partial charge in [0, 0.05) is 13.2 Å². The number of nitrogens with zero attached hydrogens (tertiary/aromatic N) is 1. The standard InChI is InChI=1S/C5H8N2.CHI3/c1-7-4-2-3-5(7)6;2-1(3)4/h2-4H,6H2,1H3;1H. The van der Waals surface area contributed by atoms with E-state index in [0.717, 1.165) is 5.76 Å². The van der Waals surface area contributed by atoms with Crippen molar-refractivity contribution in [3.05, 3.63) is 18.3 Å². The third-order valence-corrected chi connectivity index (χ3v) is 0.984. The Balaban J connectivity index is 0.000000218. The highest BCUT2D eigenvalue weighted by atomic mass is 127. The van der Waals surface area contributed by atoms with Gasteiger partial charge in [-0.15, -0.1) is 0 Å². The van der Waals surface area contributed by atoms with Crippen LogP contribution in [-0.2, 0) is 7.05 Å². The highest BCUT2D eigenvalue weighted by Gasteiger charge is 1.82. The molecule has 0 aliphatic carbocycles. The van der Waals surface area contributed by atoms with Crippen molar-refractivity contribution < 1.29 is 0 Å². The van der Waals surface area contributed by atoms with E-state index in [4.69, 9.17) is 5.73 Å². The molecule has 1 aromatic heterocycles. The van der Waals surface area contributed by atoms with E-state index in [2.05, 4.69) is 67.8 Å². The van der Waals surface area contributed by atoms with Gasteiger partial charge in [-0.05, 0) is 12.1 Å². The van der Waals surface area contributed by atoms with Gasteiger partial charge in [0.2, 0.25) is 0 Å². The molecule has 1 rings (SSSR count). The van der Waals surface area contributed by atoms with E-state index in [9.17, 15) is 0 Å². The molecule has 2 nitrogen and oxygen atoms in total. The second-order valence-electron chi connectivity index (χ2n) is 1.79. The summed E-state index contributed by atoms with van der Waals surface area (Å²) in [4.78, 5) is 0. The number of halogens is 3. The molecule has 1 heterocycles. The Labute approximate surface area is 108 Å². The van der Waals surface area contributed by atoms with Crippen molar-refractivity contribution in [1.82, 2.24) is 4.57 Å². The third kappa shape index (κ3) is 7.62. The normalized spacial score (nSPS) is 9.18. The van der Waals surface area contributed by atoms with E-state index in [1.807, 2.05) is 29.9 Å². The van der Waals surface area contributed by atoms with Crippen LogP contribution in [-0.4, -0.2) is 4.51 Å². The Morgan fingerprint density at radius 1 is 1.45 bits per heavy atom. The third-order valence-electron chi connectivity index (χ3n) is 0.984. The largest absolute Gasteiger partial charge is 0.385 e. The summed E-state index contributed by atoms with van der Waals surface area (Å²) in [5.74, 6) is 0.806. The number of nitrogens with two attached hydrogens (primary N) is 1. The van der Waals surface area contributed by atoms with E-state index in [0.29, 0.717) is 0 Å². The highest BCUT2D eigenvalue weighted by molar-refractivity contribution is 14.3. The molecule has 0 saturated carbocycles. The van der Waals surface area contributed by atoms with E-state index in [1.165, 1.54) is 0 Å². The number of aryl methyl sites for hydroxylation is 1. The maximum atomic E-state index is 5.40. The molecular weight excluding hydrogens is 481 g/mol. The number of hydrogen-bond acceptors (Lipinski definition) is 1. The van der Waals surface area contributed by atoms with Crippen LogP contribution in [0.2, 0.25) is 0 Å². The zero-order valence-corrected chi connectivity index (χ0v) is 12.4. The fourth-order valence-corrected chi connectivity index (χ4v) is 0.474. The molecule has 11 heavy (non-hydrogen) atoms. The van der Waals surface area contributed by atoms with Gasteiger partial charge in [0.05, 0.1) is 0 Å². The minimum absolute atomic E-state index is 0.743. The Bertz CT molecular complexity index is 178. The molecular formula is C6H9I3N2. The topological polar surface area (TPSA) is 30.9 Å². The molecule has 0 fully saturated rings. The zero-order chi connectivity index (χ0) is 8.85. The molecule has 0 radical (unpaired) electrons. The van der Waals surface area contributed by atoms with Crippen molar-refractivity contribution in [2.24, 2.45) is 7.05 Å².